The second-order valence-corrected chi connectivity index (χ2v) is 8.55. The molecule has 0 radical (unpaired) electrons. The molecule has 0 amide bonds. The Kier molecular flexibility index (Phi) is 10.1. The first-order valence-electron chi connectivity index (χ1n) is 11.0. The van der Waals surface area contributed by atoms with Crippen LogP contribution in [0.2, 0.25) is 0 Å². The van der Waals surface area contributed by atoms with E-state index in [-0.39, 0.29) is 0 Å². The van der Waals surface area contributed by atoms with Gasteiger partial charge in [0.05, 0.1) is 19.8 Å². The van der Waals surface area contributed by atoms with E-state index in [1.807, 2.05) is 0 Å². The summed E-state index contributed by atoms with van der Waals surface area (Å²) in [5, 5.41) is 100. The maximum Gasteiger partial charge on any atom is 0.187 e. The summed E-state index contributed by atoms with van der Waals surface area (Å²) in [5.41, 5.74) is 0. The van der Waals surface area contributed by atoms with Crippen molar-refractivity contribution >= 4 is 0 Å². The molecule has 3 fully saturated rings. The summed E-state index contributed by atoms with van der Waals surface area (Å²) < 4.78 is 31.9. The zero-order valence-corrected chi connectivity index (χ0v) is 18.7. The average molecular weight is 518 g/mol. The Morgan fingerprint density at radius 2 is 0.857 bits per heavy atom. The fourth-order valence-corrected chi connectivity index (χ4v) is 4.24. The molecule has 35 heavy (non-hydrogen) atoms. The molecule has 0 aromatic heterocycles. The quantitative estimate of drug-likeness (QED) is 0.143. The molecule has 3 saturated heterocycles. The van der Waals surface area contributed by atoms with Gasteiger partial charge in [0, 0.05) is 7.11 Å². The maximum absolute atomic E-state index is 10.7. The lowest BCUT2D eigenvalue weighted by Crippen LogP contribution is -2.66. The molecular weight excluding hydrogens is 484 g/mol. The van der Waals surface area contributed by atoms with Crippen LogP contribution in [0.4, 0.5) is 0 Å². The first-order chi connectivity index (χ1) is 16.6. The summed E-state index contributed by atoms with van der Waals surface area (Å²) in [7, 11) is 1.21. The first-order valence-corrected chi connectivity index (χ1v) is 11.0. The zero-order valence-electron chi connectivity index (χ0n) is 18.7. The Hall–Kier alpha value is -0.640. The van der Waals surface area contributed by atoms with Gasteiger partial charge in [-0.25, -0.2) is 0 Å². The normalized spacial score (nSPS) is 51.3. The number of methoxy groups -OCH3 is 1. The fraction of sp³-hybridized carbons (Fsp3) is 1.00. The smallest absolute Gasteiger partial charge is 0.187 e. The largest absolute Gasteiger partial charge is 0.394 e. The second kappa shape index (κ2) is 12.3. The molecule has 15 atom stereocenters. The zero-order chi connectivity index (χ0) is 26.0. The highest BCUT2D eigenvalue weighted by atomic mass is 16.8. The van der Waals surface area contributed by atoms with E-state index in [0.29, 0.717) is 0 Å². The van der Waals surface area contributed by atoms with E-state index in [4.69, 9.17) is 28.4 Å². The number of hydrogen-bond acceptors (Lipinski definition) is 16. The molecule has 0 aromatic rings. The summed E-state index contributed by atoms with van der Waals surface area (Å²) in [6.07, 6.45) is -23.8. The molecule has 0 unspecified atom stereocenters. The van der Waals surface area contributed by atoms with Crippen molar-refractivity contribution in [1.82, 2.24) is 0 Å². The van der Waals surface area contributed by atoms with Crippen LogP contribution in [0.5, 0.6) is 0 Å². The highest BCUT2D eigenvalue weighted by molar-refractivity contribution is 4.96. The summed E-state index contributed by atoms with van der Waals surface area (Å²) >= 11 is 0. The predicted molar refractivity (Wildman–Crippen MR) is 106 cm³/mol. The van der Waals surface area contributed by atoms with Crippen LogP contribution >= 0.6 is 0 Å². The fourth-order valence-electron chi connectivity index (χ4n) is 4.24. The van der Waals surface area contributed by atoms with Crippen LogP contribution in [0.25, 0.3) is 0 Å². The standard InChI is InChI=1S/C19H34O16/c1-30-17-13(28)10(25)15(6(3-21)32-17)35-19-14(29)11(26)16(7(4-22)33-19)34-18-12(27)9(24)8(23)5(2-20)31-18/h5-29H,2-4H2,1H3/t5-,6-,7-,8+,9+,10-,11-,12-,13-,14-,15-,16+,17-,18-,19+/m1/s1. The molecule has 3 heterocycles. The number of aliphatic hydroxyl groups is 10. The van der Waals surface area contributed by atoms with Crippen molar-refractivity contribution < 1.29 is 79.5 Å². The van der Waals surface area contributed by atoms with Crippen LogP contribution in [0.1, 0.15) is 0 Å². The van der Waals surface area contributed by atoms with Crippen LogP contribution in [0, 0.1) is 0 Å². The van der Waals surface area contributed by atoms with Gasteiger partial charge in [-0.05, 0) is 0 Å². The molecule has 10 N–H and O–H groups in total. The van der Waals surface area contributed by atoms with Crippen molar-refractivity contribution in [2.24, 2.45) is 0 Å². The third-order valence-corrected chi connectivity index (χ3v) is 6.30. The Bertz CT molecular complexity index is 650. The monoisotopic (exact) mass is 518 g/mol. The Morgan fingerprint density at radius 3 is 1.29 bits per heavy atom. The van der Waals surface area contributed by atoms with Crippen LogP contribution in [0.15, 0.2) is 0 Å². The van der Waals surface area contributed by atoms with Gasteiger partial charge in [-0.3, -0.25) is 0 Å². The topological polar surface area (TPSA) is 258 Å². The first kappa shape index (κ1) is 28.9. The molecule has 0 aromatic carbocycles. The maximum atomic E-state index is 10.7. The van der Waals surface area contributed by atoms with Gasteiger partial charge in [-0.1, -0.05) is 0 Å². The van der Waals surface area contributed by atoms with Crippen LogP contribution in [0.3, 0.4) is 0 Å². The second-order valence-electron chi connectivity index (χ2n) is 8.55. The van der Waals surface area contributed by atoms with Crippen LogP contribution in [-0.2, 0) is 28.4 Å². The van der Waals surface area contributed by atoms with Crippen molar-refractivity contribution in [2.45, 2.75) is 92.1 Å². The molecule has 3 aliphatic rings. The summed E-state index contributed by atoms with van der Waals surface area (Å²) in [4.78, 5) is 0. The van der Waals surface area contributed by atoms with Crippen molar-refractivity contribution in [3.63, 3.8) is 0 Å². The van der Waals surface area contributed by atoms with Gasteiger partial charge in [0.25, 0.3) is 0 Å². The third-order valence-electron chi connectivity index (χ3n) is 6.30. The van der Waals surface area contributed by atoms with E-state index in [1.165, 1.54) is 7.11 Å². The van der Waals surface area contributed by atoms with Crippen molar-refractivity contribution in [2.75, 3.05) is 26.9 Å². The third kappa shape index (κ3) is 5.78. The Morgan fingerprint density at radius 1 is 0.486 bits per heavy atom. The average Bonchev–Trinajstić information content (AvgIpc) is 2.86. The lowest BCUT2D eigenvalue weighted by molar-refractivity contribution is -0.378. The van der Waals surface area contributed by atoms with Gasteiger partial charge in [-0.15, -0.1) is 0 Å². The van der Waals surface area contributed by atoms with E-state index in [2.05, 4.69) is 0 Å². The highest BCUT2D eigenvalue weighted by Crippen LogP contribution is 2.32. The summed E-state index contributed by atoms with van der Waals surface area (Å²) in [6, 6.07) is 0. The number of aliphatic hydroxyl groups excluding tert-OH is 10. The summed E-state index contributed by atoms with van der Waals surface area (Å²) in [6.45, 7) is -2.21. The van der Waals surface area contributed by atoms with Gasteiger partial charge in [0.1, 0.15) is 73.2 Å². The van der Waals surface area contributed by atoms with Gasteiger partial charge < -0.3 is 79.5 Å². The molecule has 0 bridgehead atoms. The molecule has 3 aliphatic heterocycles. The van der Waals surface area contributed by atoms with Crippen LogP contribution in [-0.4, -0.2) is 170 Å². The summed E-state index contributed by atoms with van der Waals surface area (Å²) in [5.74, 6) is 0. The van der Waals surface area contributed by atoms with Gasteiger partial charge >= 0.3 is 0 Å². The minimum absolute atomic E-state index is 0.675. The Labute approximate surface area is 199 Å². The lowest BCUT2D eigenvalue weighted by atomic mass is 9.96. The van der Waals surface area contributed by atoms with Gasteiger partial charge in [-0.2, -0.15) is 0 Å². The minimum atomic E-state index is -1.88. The van der Waals surface area contributed by atoms with E-state index in [1.54, 1.807) is 0 Å². The van der Waals surface area contributed by atoms with E-state index in [9.17, 15) is 51.1 Å². The number of rotatable bonds is 8. The molecular formula is C19H34O16. The highest BCUT2D eigenvalue weighted by Gasteiger charge is 2.53. The van der Waals surface area contributed by atoms with E-state index >= 15 is 0 Å². The SMILES string of the molecule is CO[C@@H]1O[C@H](CO)[C@@H](O[C@@H]2O[C@H](CO)[C@H](O[C@H]3O[C@H](CO)[C@H](O)[C@H](O)[C@H]3O)[C@H](O)[C@H]2O)[C@H](O)[C@H]1O. The van der Waals surface area contributed by atoms with E-state index in [0.717, 1.165) is 0 Å². The minimum Gasteiger partial charge on any atom is -0.394 e. The van der Waals surface area contributed by atoms with Crippen molar-refractivity contribution in [3.05, 3.63) is 0 Å². The molecule has 0 saturated carbocycles. The number of hydrogen-bond donors (Lipinski definition) is 10. The molecule has 0 spiro atoms. The molecule has 206 valence electrons. The Balaban J connectivity index is 1.72. The van der Waals surface area contributed by atoms with Crippen LogP contribution < -0.4 is 0 Å². The van der Waals surface area contributed by atoms with Crippen molar-refractivity contribution in [3.8, 4) is 0 Å². The van der Waals surface area contributed by atoms with Crippen molar-refractivity contribution in [1.29, 1.82) is 0 Å². The molecule has 0 aliphatic carbocycles. The molecule has 16 nitrogen and oxygen atoms in total. The molecule has 16 heteroatoms. The van der Waals surface area contributed by atoms with E-state index < -0.39 is 112 Å². The predicted octanol–water partition coefficient (Wildman–Crippen LogP) is -6.92. The number of ether oxygens (including phenoxy) is 6. The molecule has 3 rings (SSSR count). The lowest BCUT2D eigenvalue weighted by Gasteiger charge is -2.48. The van der Waals surface area contributed by atoms with Gasteiger partial charge in [0.15, 0.2) is 18.9 Å². The van der Waals surface area contributed by atoms with Gasteiger partial charge in [0.2, 0.25) is 0 Å².